The largest absolute Gasteiger partial charge is 0.352 e. The van der Waals surface area contributed by atoms with Gasteiger partial charge < -0.3 is 4.90 Å². The van der Waals surface area contributed by atoms with E-state index in [2.05, 4.69) is 66.4 Å². The first-order valence-corrected chi connectivity index (χ1v) is 10.1. The van der Waals surface area contributed by atoms with Gasteiger partial charge in [0.2, 0.25) is 0 Å². The van der Waals surface area contributed by atoms with E-state index >= 15 is 0 Å². The Morgan fingerprint density at radius 1 is 1.21 bits per heavy atom. The highest BCUT2D eigenvalue weighted by molar-refractivity contribution is 8.18. The van der Waals surface area contributed by atoms with E-state index in [1.54, 1.807) is 23.5 Å². The lowest BCUT2D eigenvalue weighted by molar-refractivity contribution is 0.777. The molecule has 1 fully saturated rings. The molecule has 0 aromatic heterocycles. The molecule has 1 aliphatic rings. The van der Waals surface area contributed by atoms with Gasteiger partial charge in [0.05, 0.1) is 18.0 Å². The summed E-state index contributed by atoms with van der Waals surface area (Å²) in [4.78, 5) is 2.32. The van der Waals surface area contributed by atoms with Crippen molar-refractivity contribution in [1.29, 1.82) is 5.26 Å². The van der Waals surface area contributed by atoms with E-state index in [4.69, 9.17) is 0 Å². The van der Waals surface area contributed by atoms with E-state index in [0.29, 0.717) is 0 Å². The van der Waals surface area contributed by atoms with Gasteiger partial charge in [-0.1, -0.05) is 60.2 Å². The van der Waals surface area contributed by atoms with Gasteiger partial charge in [-0.3, -0.25) is 0 Å². The fourth-order valence-corrected chi connectivity index (χ4v) is 5.08. The van der Waals surface area contributed by atoms with E-state index in [1.807, 2.05) is 24.5 Å². The van der Waals surface area contributed by atoms with Gasteiger partial charge in [0.15, 0.2) is 4.08 Å². The standard InChI is InChI=1S/C20H20N2S2/c1-16-8-11-18(12-9-16)22-15-24-20(14-21,23-2)19(22)13-10-17-6-4-3-5-7-17/h3-13,19H,15H2,1-2H3/b13-10+/t19-,20-/m1/s1. The Hall–Kier alpha value is -1.83. The Morgan fingerprint density at radius 3 is 2.54 bits per heavy atom. The molecule has 4 heteroatoms. The molecule has 2 aromatic carbocycles. The van der Waals surface area contributed by atoms with Gasteiger partial charge in [-0.05, 0) is 30.9 Å². The number of hydrogen-bond acceptors (Lipinski definition) is 4. The van der Waals surface area contributed by atoms with Crippen LogP contribution in [0.5, 0.6) is 0 Å². The van der Waals surface area contributed by atoms with Crippen LogP contribution in [0.15, 0.2) is 60.7 Å². The number of nitriles is 1. The SMILES string of the molecule is CS[C@]1(C#N)SCN(c2ccc(C)cc2)[C@@H]1/C=C/c1ccccc1. The summed E-state index contributed by atoms with van der Waals surface area (Å²) < 4.78 is -0.476. The van der Waals surface area contributed by atoms with Crippen molar-refractivity contribution >= 4 is 35.3 Å². The summed E-state index contributed by atoms with van der Waals surface area (Å²) in [6.07, 6.45) is 6.33. The number of hydrogen-bond donors (Lipinski definition) is 0. The normalized spacial score (nSPS) is 23.5. The van der Waals surface area contributed by atoms with Crippen LogP contribution >= 0.6 is 23.5 Å². The maximum atomic E-state index is 9.84. The van der Waals surface area contributed by atoms with Crippen LogP contribution in [0.3, 0.4) is 0 Å². The number of benzene rings is 2. The maximum absolute atomic E-state index is 9.84. The molecule has 1 saturated heterocycles. The number of thioether (sulfide) groups is 2. The molecular weight excluding hydrogens is 332 g/mol. The van der Waals surface area contributed by atoms with Gasteiger partial charge in [0, 0.05) is 5.69 Å². The summed E-state index contributed by atoms with van der Waals surface area (Å²) in [5.74, 6) is 0.821. The molecule has 0 unspecified atom stereocenters. The highest BCUT2D eigenvalue weighted by Crippen LogP contribution is 2.48. The Bertz CT molecular complexity index is 749. The van der Waals surface area contributed by atoms with Crippen LogP contribution in [0.25, 0.3) is 6.08 Å². The fourth-order valence-electron chi connectivity index (χ4n) is 2.83. The summed E-state index contributed by atoms with van der Waals surface area (Å²) >= 11 is 3.35. The lowest BCUT2D eigenvalue weighted by Gasteiger charge is -2.30. The van der Waals surface area contributed by atoms with Gasteiger partial charge >= 0.3 is 0 Å². The molecule has 0 bridgehead atoms. The van der Waals surface area contributed by atoms with Crippen molar-refractivity contribution in [2.45, 2.75) is 17.0 Å². The van der Waals surface area contributed by atoms with Crippen molar-refractivity contribution in [2.75, 3.05) is 17.0 Å². The summed E-state index contributed by atoms with van der Waals surface area (Å²) in [5, 5.41) is 9.84. The predicted octanol–water partition coefficient (Wildman–Crippen LogP) is 5.17. The van der Waals surface area contributed by atoms with Gasteiger partial charge in [0.25, 0.3) is 0 Å². The van der Waals surface area contributed by atoms with Gasteiger partial charge in [-0.15, -0.1) is 23.5 Å². The first-order chi connectivity index (χ1) is 11.7. The Balaban J connectivity index is 1.95. The Labute approximate surface area is 152 Å². The molecule has 2 nitrogen and oxygen atoms in total. The van der Waals surface area contributed by atoms with Crippen LogP contribution in [-0.2, 0) is 0 Å². The third kappa shape index (κ3) is 3.33. The summed E-state index contributed by atoms with van der Waals surface area (Å²) in [6, 6.07) is 21.4. The minimum Gasteiger partial charge on any atom is -0.352 e. The Morgan fingerprint density at radius 2 is 1.92 bits per heavy atom. The van der Waals surface area contributed by atoms with E-state index in [9.17, 15) is 5.26 Å². The van der Waals surface area contributed by atoms with Crippen molar-refractivity contribution in [2.24, 2.45) is 0 Å². The average molecular weight is 353 g/mol. The number of anilines is 1. The van der Waals surface area contributed by atoms with Crippen molar-refractivity contribution in [3.8, 4) is 6.07 Å². The highest BCUT2D eigenvalue weighted by atomic mass is 32.2. The molecule has 3 rings (SSSR count). The third-order valence-corrected chi connectivity index (χ3v) is 7.20. The Kier molecular flexibility index (Phi) is 5.23. The lowest BCUT2D eigenvalue weighted by Crippen LogP contribution is -2.39. The molecule has 122 valence electrons. The molecule has 0 N–H and O–H groups in total. The van der Waals surface area contributed by atoms with Crippen LogP contribution in [0.1, 0.15) is 11.1 Å². The zero-order valence-electron chi connectivity index (χ0n) is 13.8. The lowest BCUT2D eigenvalue weighted by atomic mass is 10.1. The molecule has 1 aliphatic heterocycles. The number of aryl methyl sites for hydroxylation is 1. The second kappa shape index (κ2) is 7.38. The molecule has 24 heavy (non-hydrogen) atoms. The van der Waals surface area contributed by atoms with Crippen molar-refractivity contribution in [3.63, 3.8) is 0 Å². The van der Waals surface area contributed by atoms with Gasteiger partial charge in [0.1, 0.15) is 0 Å². The maximum Gasteiger partial charge on any atom is 0.173 e. The molecule has 1 heterocycles. The fraction of sp³-hybridized carbons (Fsp3) is 0.250. The number of rotatable bonds is 4. The molecule has 2 atom stereocenters. The summed E-state index contributed by atoms with van der Waals surface area (Å²) in [6.45, 7) is 2.09. The summed E-state index contributed by atoms with van der Waals surface area (Å²) in [5.41, 5.74) is 3.58. The quantitative estimate of drug-likeness (QED) is 0.758. The first kappa shape index (κ1) is 17.0. The van der Waals surface area contributed by atoms with Crippen molar-refractivity contribution in [1.82, 2.24) is 0 Å². The van der Waals surface area contributed by atoms with E-state index in [-0.39, 0.29) is 6.04 Å². The highest BCUT2D eigenvalue weighted by Gasteiger charge is 2.47. The number of nitrogens with zero attached hydrogens (tertiary/aromatic N) is 2. The summed E-state index contributed by atoms with van der Waals surface area (Å²) in [7, 11) is 0. The molecule has 0 amide bonds. The zero-order valence-corrected chi connectivity index (χ0v) is 15.5. The van der Waals surface area contributed by atoms with Crippen LogP contribution in [0, 0.1) is 18.3 Å². The van der Waals surface area contributed by atoms with E-state index < -0.39 is 4.08 Å². The molecule has 0 spiro atoms. The van der Waals surface area contributed by atoms with E-state index in [1.165, 1.54) is 11.3 Å². The van der Waals surface area contributed by atoms with Crippen LogP contribution in [-0.4, -0.2) is 22.3 Å². The second-order valence-electron chi connectivity index (χ2n) is 5.78. The molecule has 0 aliphatic carbocycles. The van der Waals surface area contributed by atoms with Crippen LogP contribution in [0.2, 0.25) is 0 Å². The predicted molar refractivity (Wildman–Crippen MR) is 107 cm³/mol. The molecule has 2 aromatic rings. The smallest absolute Gasteiger partial charge is 0.173 e. The van der Waals surface area contributed by atoms with Crippen molar-refractivity contribution < 1.29 is 0 Å². The minimum atomic E-state index is -0.476. The monoisotopic (exact) mass is 352 g/mol. The molecule has 0 saturated carbocycles. The van der Waals surface area contributed by atoms with Crippen LogP contribution in [0.4, 0.5) is 5.69 Å². The van der Waals surface area contributed by atoms with Gasteiger partial charge in [-0.2, -0.15) is 5.26 Å². The van der Waals surface area contributed by atoms with Crippen LogP contribution < -0.4 is 4.90 Å². The van der Waals surface area contributed by atoms with Crippen molar-refractivity contribution in [3.05, 3.63) is 71.8 Å². The topological polar surface area (TPSA) is 27.0 Å². The third-order valence-electron chi connectivity index (χ3n) is 4.24. The zero-order chi connectivity index (χ0) is 17.0. The second-order valence-corrected chi connectivity index (χ2v) is 8.28. The van der Waals surface area contributed by atoms with E-state index in [0.717, 1.165) is 11.4 Å². The molecular formula is C20H20N2S2. The van der Waals surface area contributed by atoms with Gasteiger partial charge in [-0.25, -0.2) is 0 Å². The minimum absolute atomic E-state index is 0.0328. The molecule has 0 radical (unpaired) electrons. The first-order valence-electron chi connectivity index (χ1n) is 7.85. The average Bonchev–Trinajstić information content (AvgIpc) is 3.00.